The highest BCUT2D eigenvalue weighted by atomic mass is 32.2. The summed E-state index contributed by atoms with van der Waals surface area (Å²) in [6, 6.07) is 11.9. The lowest BCUT2D eigenvalue weighted by Gasteiger charge is -2.32. The molecule has 0 amide bonds. The van der Waals surface area contributed by atoms with E-state index in [0.717, 1.165) is 38.0 Å². The molecule has 1 saturated heterocycles. The molecule has 5 nitrogen and oxygen atoms in total. The largest absolute Gasteiger partial charge is 0.310 e. The Bertz CT molecular complexity index is 785. The summed E-state index contributed by atoms with van der Waals surface area (Å²) in [7, 11) is -3.18. The Hall–Kier alpha value is -1.76. The monoisotopic (exact) mass is 359 g/mol. The molecule has 1 aliphatic rings. The number of hydrogen-bond donors (Lipinski definition) is 1. The average Bonchev–Trinajstić information content (AvgIpc) is 2.62. The molecule has 1 aromatic carbocycles. The zero-order valence-corrected chi connectivity index (χ0v) is 15.4. The van der Waals surface area contributed by atoms with Gasteiger partial charge in [0.25, 0.3) is 0 Å². The van der Waals surface area contributed by atoms with Crippen LogP contribution in [0.25, 0.3) is 0 Å². The van der Waals surface area contributed by atoms with Gasteiger partial charge in [-0.05, 0) is 49.2 Å². The van der Waals surface area contributed by atoms with Gasteiger partial charge < -0.3 is 5.32 Å². The lowest BCUT2D eigenvalue weighted by Crippen LogP contribution is -2.42. The van der Waals surface area contributed by atoms with E-state index in [-0.39, 0.29) is 0 Å². The van der Waals surface area contributed by atoms with E-state index < -0.39 is 9.84 Å². The van der Waals surface area contributed by atoms with Crippen molar-refractivity contribution < 1.29 is 8.42 Å². The van der Waals surface area contributed by atoms with Crippen molar-refractivity contribution in [3.63, 3.8) is 0 Å². The second-order valence-corrected chi connectivity index (χ2v) is 8.66. The molecule has 0 atom stereocenters. The first-order valence-corrected chi connectivity index (χ1v) is 10.5. The quantitative estimate of drug-likeness (QED) is 0.857. The Morgan fingerprint density at radius 2 is 1.92 bits per heavy atom. The van der Waals surface area contributed by atoms with E-state index >= 15 is 0 Å². The first kappa shape index (κ1) is 18.0. The van der Waals surface area contributed by atoms with Crippen LogP contribution in [0.4, 0.5) is 0 Å². The molecule has 1 N–H and O–H groups in total. The molecule has 134 valence electrons. The minimum Gasteiger partial charge on any atom is -0.310 e. The van der Waals surface area contributed by atoms with Crippen LogP contribution in [0, 0.1) is 0 Å². The first-order valence-electron chi connectivity index (χ1n) is 8.65. The van der Waals surface area contributed by atoms with Crippen molar-refractivity contribution in [2.24, 2.45) is 0 Å². The van der Waals surface area contributed by atoms with Crippen LogP contribution in [0.2, 0.25) is 0 Å². The van der Waals surface area contributed by atoms with Crippen LogP contribution in [-0.4, -0.2) is 43.7 Å². The third-order valence-corrected chi connectivity index (χ3v) is 5.87. The number of benzene rings is 1. The molecule has 0 saturated carbocycles. The molecule has 2 heterocycles. The molecule has 25 heavy (non-hydrogen) atoms. The van der Waals surface area contributed by atoms with E-state index in [4.69, 9.17) is 0 Å². The number of piperidine rings is 1. The van der Waals surface area contributed by atoms with Gasteiger partial charge >= 0.3 is 0 Å². The first-order chi connectivity index (χ1) is 12.0. The molecule has 0 spiro atoms. The average molecular weight is 359 g/mol. The van der Waals surface area contributed by atoms with Gasteiger partial charge in [-0.15, -0.1) is 0 Å². The Morgan fingerprint density at radius 1 is 1.16 bits per heavy atom. The van der Waals surface area contributed by atoms with Gasteiger partial charge in [0.2, 0.25) is 0 Å². The summed E-state index contributed by atoms with van der Waals surface area (Å²) in [5, 5.41) is 3.60. The molecule has 6 heteroatoms. The third kappa shape index (κ3) is 5.11. The van der Waals surface area contributed by atoms with Gasteiger partial charge in [0, 0.05) is 37.8 Å². The highest BCUT2D eigenvalue weighted by Gasteiger charge is 2.21. The molecule has 2 aromatic rings. The minimum atomic E-state index is -3.18. The molecular weight excluding hydrogens is 334 g/mol. The summed E-state index contributed by atoms with van der Waals surface area (Å²) >= 11 is 0. The Labute approximate surface area is 150 Å². The number of nitrogens with one attached hydrogen (secondary N) is 1. The summed E-state index contributed by atoms with van der Waals surface area (Å²) in [5.41, 5.74) is 2.10. The normalized spacial score (nSPS) is 16.8. The van der Waals surface area contributed by atoms with Gasteiger partial charge in [-0.3, -0.25) is 9.88 Å². The van der Waals surface area contributed by atoms with Crippen molar-refractivity contribution in [2.45, 2.75) is 36.9 Å². The molecule has 1 fully saturated rings. The van der Waals surface area contributed by atoms with Crippen molar-refractivity contribution in [2.75, 3.05) is 19.3 Å². The zero-order valence-electron chi connectivity index (χ0n) is 14.6. The summed E-state index contributed by atoms with van der Waals surface area (Å²) in [4.78, 5) is 6.93. The smallest absolute Gasteiger partial charge is 0.175 e. The van der Waals surface area contributed by atoms with E-state index in [0.29, 0.717) is 17.5 Å². The van der Waals surface area contributed by atoms with Gasteiger partial charge in [-0.1, -0.05) is 24.3 Å². The van der Waals surface area contributed by atoms with Gasteiger partial charge in [0.1, 0.15) is 0 Å². The molecule has 3 rings (SSSR count). The maximum atomic E-state index is 11.9. The topological polar surface area (TPSA) is 62.3 Å². The van der Waals surface area contributed by atoms with Crippen LogP contribution in [0.15, 0.2) is 53.7 Å². The van der Waals surface area contributed by atoms with Crippen LogP contribution in [0.5, 0.6) is 0 Å². The number of aromatic nitrogens is 1. The highest BCUT2D eigenvalue weighted by Crippen LogP contribution is 2.20. The van der Waals surface area contributed by atoms with Crippen LogP contribution in [-0.2, 0) is 22.9 Å². The fourth-order valence-electron chi connectivity index (χ4n) is 3.30. The molecular formula is C19H25N3O2S. The highest BCUT2D eigenvalue weighted by molar-refractivity contribution is 7.90. The lowest BCUT2D eigenvalue weighted by molar-refractivity contribution is 0.189. The maximum Gasteiger partial charge on any atom is 0.175 e. The van der Waals surface area contributed by atoms with E-state index in [1.165, 1.54) is 11.8 Å². The number of hydrogen-bond acceptors (Lipinski definition) is 5. The maximum absolute atomic E-state index is 11.9. The molecule has 1 aromatic heterocycles. The van der Waals surface area contributed by atoms with Crippen LogP contribution in [0.3, 0.4) is 0 Å². The van der Waals surface area contributed by atoms with Crippen LogP contribution < -0.4 is 5.32 Å². The summed E-state index contributed by atoms with van der Waals surface area (Å²) in [6.45, 7) is 3.49. The SMILES string of the molecule is CS(=O)(=O)c1ccccc1CN1CCC(NCc2cccnc2)CC1. The van der Waals surface area contributed by atoms with Crippen molar-refractivity contribution in [3.8, 4) is 0 Å². The summed E-state index contributed by atoms with van der Waals surface area (Å²) in [5.74, 6) is 0. The summed E-state index contributed by atoms with van der Waals surface area (Å²) < 4.78 is 23.9. The Kier molecular flexibility index (Phi) is 5.83. The lowest BCUT2D eigenvalue weighted by atomic mass is 10.0. The number of sulfone groups is 1. The Morgan fingerprint density at radius 3 is 2.60 bits per heavy atom. The second kappa shape index (κ2) is 8.08. The van der Waals surface area contributed by atoms with Gasteiger partial charge in [-0.25, -0.2) is 8.42 Å². The van der Waals surface area contributed by atoms with Gasteiger partial charge in [0.15, 0.2) is 9.84 Å². The predicted molar refractivity (Wildman–Crippen MR) is 98.9 cm³/mol. The molecule has 0 bridgehead atoms. The molecule has 0 radical (unpaired) electrons. The van der Waals surface area contributed by atoms with E-state index in [9.17, 15) is 8.42 Å². The minimum absolute atomic E-state index is 0.451. The van der Waals surface area contributed by atoms with Crippen molar-refractivity contribution in [3.05, 3.63) is 59.9 Å². The van der Waals surface area contributed by atoms with E-state index in [1.54, 1.807) is 18.3 Å². The van der Waals surface area contributed by atoms with E-state index in [1.807, 2.05) is 24.4 Å². The molecule has 1 aliphatic heterocycles. The second-order valence-electron chi connectivity index (χ2n) is 6.67. The fraction of sp³-hybridized carbons (Fsp3) is 0.421. The fourth-order valence-corrected chi connectivity index (χ4v) is 4.23. The Balaban J connectivity index is 1.52. The van der Waals surface area contributed by atoms with Crippen LogP contribution in [0.1, 0.15) is 24.0 Å². The number of nitrogens with zero attached hydrogens (tertiary/aromatic N) is 2. The third-order valence-electron chi connectivity index (χ3n) is 4.67. The molecule has 0 aliphatic carbocycles. The number of likely N-dealkylation sites (tertiary alicyclic amines) is 1. The zero-order chi connectivity index (χ0) is 17.7. The van der Waals surface area contributed by atoms with Crippen molar-refractivity contribution in [1.82, 2.24) is 15.2 Å². The number of pyridine rings is 1. The van der Waals surface area contributed by atoms with Gasteiger partial charge in [0.05, 0.1) is 4.90 Å². The standard InChI is InChI=1S/C19H25N3O2S/c1-25(23,24)19-7-3-2-6-17(19)15-22-11-8-18(9-12-22)21-14-16-5-4-10-20-13-16/h2-7,10,13,18,21H,8-9,11-12,14-15H2,1H3. The van der Waals surface area contributed by atoms with Gasteiger partial charge in [-0.2, -0.15) is 0 Å². The van der Waals surface area contributed by atoms with E-state index in [2.05, 4.69) is 21.3 Å². The van der Waals surface area contributed by atoms with Crippen LogP contribution >= 0.6 is 0 Å². The van der Waals surface area contributed by atoms with Crippen molar-refractivity contribution >= 4 is 9.84 Å². The summed E-state index contributed by atoms with van der Waals surface area (Å²) in [6.07, 6.45) is 7.10. The molecule has 0 unspecified atom stereocenters. The number of rotatable bonds is 6. The predicted octanol–water partition coefficient (Wildman–Crippen LogP) is 2.24. The van der Waals surface area contributed by atoms with Crippen molar-refractivity contribution in [1.29, 1.82) is 0 Å².